The van der Waals surface area contributed by atoms with Crippen molar-refractivity contribution in [2.24, 2.45) is 0 Å². The molecule has 0 spiro atoms. The molecule has 0 amide bonds. The standard InChI is InChI=1S/C17H14ClN/c1-12-15(9-7-13-5-3-2-4-6-13)16-11-14(18)8-10-17(16)19-12/h2-11,19H,1H3/b9-7+. The molecular weight excluding hydrogens is 254 g/mol. The van der Waals surface area contributed by atoms with Crippen molar-refractivity contribution in [1.29, 1.82) is 0 Å². The van der Waals surface area contributed by atoms with Crippen LogP contribution in [-0.4, -0.2) is 4.98 Å². The topological polar surface area (TPSA) is 15.8 Å². The second-order valence-corrected chi connectivity index (χ2v) is 5.03. The predicted molar refractivity (Wildman–Crippen MR) is 83.4 cm³/mol. The highest BCUT2D eigenvalue weighted by Gasteiger charge is 2.05. The van der Waals surface area contributed by atoms with Crippen LogP contribution < -0.4 is 0 Å². The second kappa shape index (κ2) is 4.94. The van der Waals surface area contributed by atoms with Crippen molar-refractivity contribution in [2.45, 2.75) is 6.92 Å². The Hall–Kier alpha value is -1.99. The van der Waals surface area contributed by atoms with Crippen molar-refractivity contribution in [1.82, 2.24) is 4.98 Å². The van der Waals surface area contributed by atoms with Gasteiger partial charge in [0.1, 0.15) is 0 Å². The van der Waals surface area contributed by atoms with Gasteiger partial charge in [0.2, 0.25) is 0 Å². The summed E-state index contributed by atoms with van der Waals surface area (Å²) in [5, 5.41) is 1.93. The summed E-state index contributed by atoms with van der Waals surface area (Å²) in [5.41, 5.74) is 4.67. The highest BCUT2D eigenvalue weighted by Crippen LogP contribution is 2.26. The summed E-state index contributed by atoms with van der Waals surface area (Å²) in [7, 11) is 0. The SMILES string of the molecule is Cc1[nH]c2ccc(Cl)cc2c1/C=C/c1ccccc1. The number of hydrogen-bond acceptors (Lipinski definition) is 0. The van der Waals surface area contributed by atoms with Crippen LogP contribution in [0.3, 0.4) is 0 Å². The molecule has 0 bridgehead atoms. The maximum absolute atomic E-state index is 6.08. The first kappa shape index (κ1) is 12.1. The molecule has 0 atom stereocenters. The largest absolute Gasteiger partial charge is 0.358 e. The number of halogens is 1. The molecule has 0 saturated heterocycles. The average molecular weight is 268 g/mol. The molecule has 0 unspecified atom stereocenters. The van der Waals surface area contributed by atoms with Gasteiger partial charge in [-0.1, -0.05) is 54.1 Å². The van der Waals surface area contributed by atoms with E-state index >= 15 is 0 Å². The highest BCUT2D eigenvalue weighted by molar-refractivity contribution is 6.31. The maximum Gasteiger partial charge on any atom is 0.0463 e. The first-order chi connectivity index (χ1) is 9.24. The molecule has 1 heterocycles. The molecule has 1 N–H and O–H groups in total. The third kappa shape index (κ3) is 2.42. The highest BCUT2D eigenvalue weighted by atomic mass is 35.5. The first-order valence-corrected chi connectivity index (χ1v) is 6.63. The van der Waals surface area contributed by atoms with Gasteiger partial charge in [0.15, 0.2) is 0 Å². The van der Waals surface area contributed by atoms with Crippen molar-refractivity contribution >= 4 is 34.7 Å². The molecule has 0 fully saturated rings. The molecule has 19 heavy (non-hydrogen) atoms. The first-order valence-electron chi connectivity index (χ1n) is 6.25. The minimum atomic E-state index is 0.765. The summed E-state index contributed by atoms with van der Waals surface area (Å²) in [6.07, 6.45) is 4.26. The number of fused-ring (bicyclic) bond motifs is 1. The molecule has 0 aliphatic carbocycles. The zero-order valence-corrected chi connectivity index (χ0v) is 11.4. The van der Waals surface area contributed by atoms with Crippen molar-refractivity contribution in [3.63, 3.8) is 0 Å². The quantitative estimate of drug-likeness (QED) is 0.648. The van der Waals surface area contributed by atoms with E-state index in [4.69, 9.17) is 11.6 Å². The number of aromatic amines is 1. The van der Waals surface area contributed by atoms with Crippen LogP contribution in [0, 0.1) is 6.92 Å². The molecule has 3 rings (SSSR count). The number of aryl methyl sites for hydroxylation is 1. The van der Waals surface area contributed by atoms with E-state index in [2.05, 4.69) is 36.2 Å². The lowest BCUT2D eigenvalue weighted by molar-refractivity contribution is 1.29. The Labute approximate surface area is 117 Å². The van der Waals surface area contributed by atoms with Crippen LogP contribution in [0.15, 0.2) is 48.5 Å². The lowest BCUT2D eigenvalue weighted by atomic mass is 10.1. The monoisotopic (exact) mass is 267 g/mol. The second-order valence-electron chi connectivity index (χ2n) is 4.60. The third-order valence-corrected chi connectivity index (χ3v) is 3.48. The predicted octanol–water partition coefficient (Wildman–Crippen LogP) is 5.30. The Balaban J connectivity index is 2.07. The summed E-state index contributed by atoms with van der Waals surface area (Å²) in [6, 6.07) is 16.2. The summed E-state index contributed by atoms with van der Waals surface area (Å²) < 4.78 is 0. The molecule has 1 aromatic heterocycles. The lowest BCUT2D eigenvalue weighted by Crippen LogP contribution is -1.75. The fourth-order valence-corrected chi connectivity index (χ4v) is 2.45. The summed E-state index contributed by atoms with van der Waals surface area (Å²) in [4.78, 5) is 3.38. The molecule has 2 heteroatoms. The maximum atomic E-state index is 6.08. The summed E-state index contributed by atoms with van der Waals surface area (Å²) in [6.45, 7) is 2.08. The van der Waals surface area contributed by atoms with Crippen molar-refractivity contribution in [2.75, 3.05) is 0 Å². The van der Waals surface area contributed by atoms with Crippen molar-refractivity contribution < 1.29 is 0 Å². The average Bonchev–Trinajstić information content (AvgIpc) is 2.73. The molecule has 0 aliphatic rings. The van der Waals surface area contributed by atoms with Gasteiger partial charge >= 0.3 is 0 Å². The number of rotatable bonds is 2. The number of aromatic nitrogens is 1. The van der Waals surface area contributed by atoms with E-state index in [1.807, 2.05) is 36.4 Å². The van der Waals surface area contributed by atoms with E-state index in [0.717, 1.165) is 21.6 Å². The van der Waals surface area contributed by atoms with E-state index in [0.29, 0.717) is 0 Å². The Morgan fingerprint density at radius 2 is 1.79 bits per heavy atom. The Morgan fingerprint density at radius 3 is 2.58 bits per heavy atom. The van der Waals surface area contributed by atoms with E-state index < -0.39 is 0 Å². The molecule has 0 aliphatic heterocycles. The van der Waals surface area contributed by atoms with E-state index in [-0.39, 0.29) is 0 Å². The van der Waals surface area contributed by atoms with Crippen LogP contribution >= 0.6 is 11.6 Å². The zero-order chi connectivity index (χ0) is 13.2. The van der Waals surface area contributed by atoms with Crippen LogP contribution in [0.2, 0.25) is 5.02 Å². The van der Waals surface area contributed by atoms with Gasteiger partial charge in [0.05, 0.1) is 0 Å². The van der Waals surface area contributed by atoms with Gasteiger partial charge in [-0.25, -0.2) is 0 Å². The Kier molecular flexibility index (Phi) is 3.14. The van der Waals surface area contributed by atoms with Gasteiger partial charge in [-0.3, -0.25) is 0 Å². The molecular formula is C17H14ClN. The molecule has 2 aromatic carbocycles. The fraction of sp³-hybridized carbons (Fsp3) is 0.0588. The summed E-state index contributed by atoms with van der Waals surface area (Å²) in [5.74, 6) is 0. The van der Waals surface area contributed by atoms with E-state index in [1.54, 1.807) is 0 Å². The van der Waals surface area contributed by atoms with Gasteiger partial charge < -0.3 is 4.98 Å². The zero-order valence-electron chi connectivity index (χ0n) is 10.7. The van der Waals surface area contributed by atoms with Crippen molar-refractivity contribution in [3.8, 4) is 0 Å². The normalized spacial score (nSPS) is 11.5. The smallest absolute Gasteiger partial charge is 0.0463 e. The Morgan fingerprint density at radius 1 is 1.00 bits per heavy atom. The number of benzene rings is 2. The molecule has 3 aromatic rings. The van der Waals surface area contributed by atoms with Gasteiger partial charge in [-0.05, 0) is 30.7 Å². The van der Waals surface area contributed by atoms with Gasteiger partial charge in [0, 0.05) is 27.2 Å². The minimum Gasteiger partial charge on any atom is -0.358 e. The lowest BCUT2D eigenvalue weighted by Gasteiger charge is -1.96. The van der Waals surface area contributed by atoms with E-state index in [1.165, 1.54) is 11.1 Å². The minimum absolute atomic E-state index is 0.765. The van der Waals surface area contributed by atoms with Gasteiger partial charge in [-0.2, -0.15) is 0 Å². The van der Waals surface area contributed by atoms with Crippen LogP contribution in [-0.2, 0) is 0 Å². The van der Waals surface area contributed by atoms with Crippen LogP contribution in [0.1, 0.15) is 16.8 Å². The van der Waals surface area contributed by atoms with Crippen LogP contribution in [0.4, 0.5) is 0 Å². The number of hydrogen-bond donors (Lipinski definition) is 1. The van der Waals surface area contributed by atoms with Crippen molar-refractivity contribution in [3.05, 3.63) is 70.4 Å². The molecule has 1 nitrogen and oxygen atoms in total. The molecule has 0 saturated carbocycles. The summed E-state index contributed by atoms with van der Waals surface area (Å²) >= 11 is 6.08. The number of nitrogens with one attached hydrogen (secondary N) is 1. The Bertz CT molecular complexity index is 739. The fourth-order valence-electron chi connectivity index (χ4n) is 2.28. The van der Waals surface area contributed by atoms with E-state index in [9.17, 15) is 0 Å². The van der Waals surface area contributed by atoms with Crippen LogP contribution in [0.5, 0.6) is 0 Å². The molecule has 0 radical (unpaired) electrons. The third-order valence-electron chi connectivity index (χ3n) is 3.24. The molecule has 94 valence electrons. The van der Waals surface area contributed by atoms with Gasteiger partial charge in [-0.15, -0.1) is 0 Å². The van der Waals surface area contributed by atoms with Gasteiger partial charge in [0.25, 0.3) is 0 Å². The van der Waals surface area contributed by atoms with Crippen LogP contribution in [0.25, 0.3) is 23.1 Å². The number of H-pyrrole nitrogens is 1.